The number of aromatic nitrogens is 1. The molecule has 0 amide bonds. The van der Waals surface area contributed by atoms with Gasteiger partial charge in [-0.1, -0.05) is 0 Å². The van der Waals surface area contributed by atoms with Crippen molar-refractivity contribution in [2.24, 2.45) is 5.73 Å². The van der Waals surface area contributed by atoms with Crippen molar-refractivity contribution in [2.75, 3.05) is 13.1 Å². The molecule has 0 spiro atoms. The second-order valence-corrected chi connectivity index (χ2v) is 6.02. The van der Waals surface area contributed by atoms with Crippen LogP contribution in [0.3, 0.4) is 0 Å². The highest BCUT2D eigenvalue weighted by atomic mass is 35.5. The van der Waals surface area contributed by atoms with E-state index in [2.05, 4.69) is 4.98 Å². The Labute approximate surface area is 112 Å². The fraction of sp³-hybridized carbons (Fsp3) is 0.500. The first-order valence-electron chi connectivity index (χ1n) is 5.36. The molecule has 2 rings (SSSR count). The Morgan fingerprint density at radius 2 is 1.94 bits per heavy atom. The lowest BCUT2D eigenvalue weighted by molar-refractivity contribution is 0.320. The maximum absolute atomic E-state index is 13.0. The van der Waals surface area contributed by atoms with Crippen LogP contribution in [-0.2, 0) is 10.0 Å². The van der Waals surface area contributed by atoms with Crippen LogP contribution in [0.4, 0.5) is 4.39 Å². The molecule has 8 heteroatoms. The summed E-state index contributed by atoms with van der Waals surface area (Å²) >= 11 is 0. The molecule has 1 fully saturated rings. The van der Waals surface area contributed by atoms with Crippen molar-refractivity contribution in [3.05, 3.63) is 24.3 Å². The average Bonchev–Trinajstić information content (AvgIpc) is 2.29. The minimum Gasteiger partial charge on any atom is -0.328 e. The summed E-state index contributed by atoms with van der Waals surface area (Å²) < 4.78 is 38.5. The van der Waals surface area contributed by atoms with Gasteiger partial charge in [0.15, 0.2) is 0 Å². The van der Waals surface area contributed by atoms with Gasteiger partial charge in [-0.25, -0.2) is 12.8 Å². The number of hydrogen-bond acceptors (Lipinski definition) is 4. The van der Waals surface area contributed by atoms with E-state index in [9.17, 15) is 12.8 Å². The monoisotopic (exact) mass is 295 g/mol. The van der Waals surface area contributed by atoms with Gasteiger partial charge in [0.25, 0.3) is 0 Å². The Morgan fingerprint density at radius 3 is 2.50 bits per heavy atom. The average molecular weight is 296 g/mol. The molecule has 1 aliphatic rings. The van der Waals surface area contributed by atoms with Crippen LogP contribution >= 0.6 is 12.4 Å². The van der Waals surface area contributed by atoms with E-state index in [0.717, 1.165) is 18.5 Å². The Balaban J connectivity index is 0.00000162. The molecule has 0 aromatic carbocycles. The molecule has 0 bridgehead atoms. The smallest absolute Gasteiger partial charge is 0.244 e. The quantitative estimate of drug-likeness (QED) is 0.874. The van der Waals surface area contributed by atoms with Crippen LogP contribution in [0.25, 0.3) is 0 Å². The molecule has 1 aromatic heterocycles. The zero-order valence-electron chi connectivity index (χ0n) is 9.62. The highest BCUT2D eigenvalue weighted by Gasteiger charge is 2.28. The molecule has 2 heterocycles. The van der Waals surface area contributed by atoms with Crippen molar-refractivity contribution < 1.29 is 12.8 Å². The molecule has 102 valence electrons. The van der Waals surface area contributed by atoms with E-state index in [0.29, 0.717) is 25.9 Å². The maximum atomic E-state index is 13.0. The molecule has 5 nitrogen and oxygen atoms in total. The molecule has 1 aliphatic heterocycles. The van der Waals surface area contributed by atoms with E-state index in [1.165, 1.54) is 4.31 Å². The lowest BCUT2D eigenvalue weighted by atomic mass is 10.1. The fourth-order valence-electron chi connectivity index (χ4n) is 1.80. The molecule has 0 unspecified atom stereocenters. The summed E-state index contributed by atoms with van der Waals surface area (Å²) in [5.41, 5.74) is 5.71. The summed E-state index contributed by atoms with van der Waals surface area (Å²) in [6.07, 6.45) is 3.39. The van der Waals surface area contributed by atoms with Gasteiger partial charge in [-0.2, -0.15) is 4.31 Å². The standard InChI is InChI=1S/C10H14FN3O2S.ClH/c11-8-5-10(7-13-6-8)17(15,16)14-3-1-9(12)2-4-14;/h5-7,9H,1-4,12H2;1H. The summed E-state index contributed by atoms with van der Waals surface area (Å²) in [5.74, 6) is -0.653. The zero-order chi connectivity index (χ0) is 12.5. The van der Waals surface area contributed by atoms with E-state index in [1.54, 1.807) is 0 Å². The van der Waals surface area contributed by atoms with Crippen LogP contribution < -0.4 is 5.73 Å². The normalized spacial score (nSPS) is 18.3. The second-order valence-electron chi connectivity index (χ2n) is 4.08. The topological polar surface area (TPSA) is 76.3 Å². The number of hydrogen-bond donors (Lipinski definition) is 1. The predicted molar refractivity (Wildman–Crippen MR) is 67.4 cm³/mol. The summed E-state index contributed by atoms with van der Waals surface area (Å²) in [7, 11) is -3.63. The molecule has 1 aromatic rings. The van der Waals surface area contributed by atoms with Crippen molar-refractivity contribution in [2.45, 2.75) is 23.8 Å². The highest BCUT2D eigenvalue weighted by molar-refractivity contribution is 7.89. The molecular formula is C10H15ClFN3O2S. The number of nitrogens with two attached hydrogens (primary N) is 1. The molecule has 0 radical (unpaired) electrons. The SMILES string of the molecule is Cl.NC1CCN(S(=O)(=O)c2cncc(F)c2)CC1. The van der Waals surface area contributed by atoms with Gasteiger partial charge in [0.2, 0.25) is 10.0 Å². The first kappa shape index (κ1) is 15.3. The van der Waals surface area contributed by atoms with Crippen LogP contribution in [0.2, 0.25) is 0 Å². The van der Waals surface area contributed by atoms with E-state index < -0.39 is 15.8 Å². The number of halogens is 2. The minimum absolute atomic E-state index is 0. The number of rotatable bonds is 2. The Hall–Kier alpha value is -0.760. The predicted octanol–water partition coefficient (Wildman–Crippen LogP) is 0.754. The summed E-state index contributed by atoms with van der Waals surface area (Å²) in [6.45, 7) is 0.750. The summed E-state index contributed by atoms with van der Waals surface area (Å²) in [5, 5.41) is 0. The third kappa shape index (κ3) is 3.17. The second kappa shape index (κ2) is 5.92. The third-order valence-electron chi connectivity index (χ3n) is 2.82. The maximum Gasteiger partial charge on any atom is 0.244 e. The van der Waals surface area contributed by atoms with Crippen LogP contribution in [0.5, 0.6) is 0 Å². The first-order valence-corrected chi connectivity index (χ1v) is 6.80. The van der Waals surface area contributed by atoms with E-state index in [4.69, 9.17) is 5.73 Å². The highest BCUT2D eigenvalue weighted by Crippen LogP contribution is 2.19. The Kier molecular flexibility index (Phi) is 5.03. The molecule has 0 atom stereocenters. The number of piperidine rings is 1. The largest absolute Gasteiger partial charge is 0.328 e. The van der Waals surface area contributed by atoms with Gasteiger partial charge >= 0.3 is 0 Å². The van der Waals surface area contributed by atoms with Crippen molar-refractivity contribution in [3.8, 4) is 0 Å². The van der Waals surface area contributed by atoms with Crippen molar-refractivity contribution >= 4 is 22.4 Å². The zero-order valence-corrected chi connectivity index (χ0v) is 11.3. The molecule has 0 saturated carbocycles. The van der Waals surface area contributed by atoms with Gasteiger partial charge in [-0.05, 0) is 18.9 Å². The molecular weight excluding hydrogens is 281 g/mol. The van der Waals surface area contributed by atoms with E-state index in [-0.39, 0.29) is 23.3 Å². The van der Waals surface area contributed by atoms with Gasteiger partial charge in [0.1, 0.15) is 10.7 Å². The van der Waals surface area contributed by atoms with Crippen LogP contribution in [0, 0.1) is 5.82 Å². The molecule has 1 saturated heterocycles. The van der Waals surface area contributed by atoms with Crippen LogP contribution in [-0.4, -0.2) is 36.8 Å². The number of sulfonamides is 1. The van der Waals surface area contributed by atoms with Crippen molar-refractivity contribution in [1.82, 2.24) is 9.29 Å². The first-order chi connectivity index (χ1) is 8.00. The van der Waals surface area contributed by atoms with E-state index >= 15 is 0 Å². The minimum atomic E-state index is -3.63. The number of pyridine rings is 1. The van der Waals surface area contributed by atoms with Gasteiger partial charge in [-0.3, -0.25) is 4.98 Å². The van der Waals surface area contributed by atoms with Crippen LogP contribution in [0.1, 0.15) is 12.8 Å². The van der Waals surface area contributed by atoms with Gasteiger partial charge in [-0.15, -0.1) is 12.4 Å². The molecule has 18 heavy (non-hydrogen) atoms. The van der Waals surface area contributed by atoms with E-state index in [1.807, 2.05) is 0 Å². The fourth-order valence-corrected chi connectivity index (χ4v) is 3.24. The summed E-state index contributed by atoms with van der Waals surface area (Å²) in [4.78, 5) is 3.45. The van der Waals surface area contributed by atoms with Gasteiger partial charge < -0.3 is 5.73 Å². The third-order valence-corrected chi connectivity index (χ3v) is 4.68. The lowest BCUT2D eigenvalue weighted by Crippen LogP contribution is -2.42. The Morgan fingerprint density at radius 1 is 1.33 bits per heavy atom. The lowest BCUT2D eigenvalue weighted by Gasteiger charge is -2.29. The van der Waals surface area contributed by atoms with Crippen molar-refractivity contribution in [1.29, 1.82) is 0 Å². The van der Waals surface area contributed by atoms with Crippen LogP contribution in [0.15, 0.2) is 23.4 Å². The van der Waals surface area contributed by atoms with Gasteiger partial charge in [0.05, 0.1) is 6.20 Å². The number of nitrogens with zero attached hydrogens (tertiary/aromatic N) is 2. The van der Waals surface area contributed by atoms with Gasteiger partial charge in [0, 0.05) is 25.3 Å². The molecule has 0 aliphatic carbocycles. The Bertz CT molecular complexity index is 504. The summed E-state index contributed by atoms with van der Waals surface area (Å²) in [6, 6.07) is 1.03. The molecule has 2 N–H and O–H groups in total. The van der Waals surface area contributed by atoms with Crippen molar-refractivity contribution in [3.63, 3.8) is 0 Å².